The van der Waals surface area contributed by atoms with E-state index in [1.807, 2.05) is 13.1 Å². The number of oxazole rings is 1. The summed E-state index contributed by atoms with van der Waals surface area (Å²) in [5.74, 6) is 0. The third-order valence-electron chi connectivity index (χ3n) is 2.97. The molecule has 1 aromatic carbocycles. The Morgan fingerprint density at radius 2 is 2.33 bits per heavy atom. The Hall–Kier alpha value is -2.90. The highest BCUT2D eigenvalue weighted by atomic mass is 16.6. The summed E-state index contributed by atoms with van der Waals surface area (Å²) in [6, 6.07) is 4.89. The molecule has 0 aliphatic heterocycles. The number of non-ortho nitro benzene ring substituents is 1. The van der Waals surface area contributed by atoms with Gasteiger partial charge in [-0.1, -0.05) is 6.07 Å². The molecule has 1 N–H and O–H groups in total. The van der Waals surface area contributed by atoms with Gasteiger partial charge in [-0.3, -0.25) is 14.8 Å². The van der Waals surface area contributed by atoms with E-state index >= 15 is 0 Å². The Balaban J connectivity index is 1.73. The smallest absolute Gasteiger partial charge is 0.298 e. The zero-order valence-corrected chi connectivity index (χ0v) is 11.3. The Labute approximate surface area is 119 Å². The van der Waals surface area contributed by atoms with E-state index in [4.69, 9.17) is 4.42 Å². The number of benzene rings is 1. The van der Waals surface area contributed by atoms with Crippen LogP contribution in [0.25, 0.3) is 11.1 Å². The maximum Gasteiger partial charge on any atom is 0.298 e. The van der Waals surface area contributed by atoms with Crippen LogP contribution in [0, 0.1) is 17.0 Å². The number of aryl methyl sites for hydroxylation is 1. The van der Waals surface area contributed by atoms with Crippen LogP contribution in [0.5, 0.6) is 0 Å². The Kier molecular flexibility index (Phi) is 3.27. The molecule has 0 spiro atoms. The van der Waals surface area contributed by atoms with E-state index in [2.05, 4.69) is 15.4 Å². The van der Waals surface area contributed by atoms with E-state index < -0.39 is 4.92 Å². The summed E-state index contributed by atoms with van der Waals surface area (Å²) in [6.07, 6.45) is 3.71. The van der Waals surface area contributed by atoms with Gasteiger partial charge >= 0.3 is 0 Å². The van der Waals surface area contributed by atoms with Gasteiger partial charge in [0.2, 0.25) is 0 Å². The molecule has 0 bridgehead atoms. The van der Waals surface area contributed by atoms with Crippen molar-refractivity contribution in [1.82, 2.24) is 14.8 Å². The molecule has 0 saturated heterocycles. The second kappa shape index (κ2) is 5.23. The van der Waals surface area contributed by atoms with Crippen molar-refractivity contribution in [2.24, 2.45) is 0 Å². The molecule has 8 heteroatoms. The quantitative estimate of drug-likeness (QED) is 0.571. The fraction of sp³-hybridized carbons (Fsp3) is 0.231. The van der Waals surface area contributed by atoms with Gasteiger partial charge < -0.3 is 9.73 Å². The van der Waals surface area contributed by atoms with Crippen LogP contribution in [0.1, 0.15) is 5.56 Å². The van der Waals surface area contributed by atoms with Crippen molar-refractivity contribution in [2.45, 2.75) is 13.5 Å². The molecule has 0 saturated carbocycles. The Morgan fingerprint density at radius 3 is 3.05 bits per heavy atom. The van der Waals surface area contributed by atoms with Crippen LogP contribution in [0.2, 0.25) is 0 Å². The van der Waals surface area contributed by atoms with E-state index in [9.17, 15) is 10.1 Å². The molecule has 0 amide bonds. The van der Waals surface area contributed by atoms with Crippen LogP contribution in [0.15, 0.2) is 35.0 Å². The van der Waals surface area contributed by atoms with Crippen molar-refractivity contribution in [3.8, 4) is 0 Å². The molecule has 108 valence electrons. The third-order valence-corrected chi connectivity index (χ3v) is 2.97. The van der Waals surface area contributed by atoms with Gasteiger partial charge in [0.15, 0.2) is 11.1 Å². The summed E-state index contributed by atoms with van der Waals surface area (Å²) in [6.45, 7) is 3.17. The van der Waals surface area contributed by atoms with Crippen LogP contribution in [0.3, 0.4) is 0 Å². The van der Waals surface area contributed by atoms with Gasteiger partial charge in [-0.15, -0.1) is 0 Å². The number of hydrogen-bond acceptors (Lipinski definition) is 6. The lowest BCUT2D eigenvalue weighted by atomic mass is 10.3. The van der Waals surface area contributed by atoms with Gasteiger partial charge in [0.05, 0.1) is 17.7 Å². The lowest BCUT2D eigenvalue weighted by Gasteiger charge is -2.01. The van der Waals surface area contributed by atoms with Crippen LogP contribution in [0.4, 0.5) is 11.7 Å². The van der Waals surface area contributed by atoms with Gasteiger partial charge in [0, 0.05) is 18.8 Å². The summed E-state index contributed by atoms with van der Waals surface area (Å²) < 4.78 is 7.24. The molecule has 2 aromatic heterocycles. The highest BCUT2D eigenvalue weighted by Gasteiger charge is 2.17. The average molecular weight is 287 g/mol. The lowest BCUT2D eigenvalue weighted by molar-refractivity contribution is -0.383. The molecular formula is C13H13N5O3. The standard InChI is InChI=1S/C13H13N5O3/c1-9-7-15-17(8-9)6-5-14-13-16-12-10(18(19)20)3-2-4-11(12)21-13/h2-4,7-8H,5-6H2,1H3,(H,14,16). The van der Waals surface area contributed by atoms with E-state index in [-0.39, 0.29) is 17.2 Å². The number of anilines is 1. The number of fused-ring (bicyclic) bond motifs is 1. The van der Waals surface area contributed by atoms with Crippen LogP contribution >= 0.6 is 0 Å². The van der Waals surface area contributed by atoms with E-state index in [0.717, 1.165) is 5.56 Å². The number of hydrogen-bond donors (Lipinski definition) is 1. The number of nitrogens with zero attached hydrogens (tertiary/aromatic N) is 4. The summed E-state index contributed by atoms with van der Waals surface area (Å²) in [4.78, 5) is 14.6. The molecule has 0 fully saturated rings. The van der Waals surface area contributed by atoms with Gasteiger partial charge in [0.1, 0.15) is 0 Å². The minimum atomic E-state index is -0.471. The fourth-order valence-corrected chi connectivity index (χ4v) is 2.02. The van der Waals surface area contributed by atoms with E-state index in [0.29, 0.717) is 18.7 Å². The second-order valence-electron chi connectivity index (χ2n) is 4.61. The number of aromatic nitrogens is 3. The predicted molar refractivity (Wildman–Crippen MR) is 76.1 cm³/mol. The van der Waals surface area contributed by atoms with Gasteiger partial charge in [0.25, 0.3) is 11.7 Å². The minimum Gasteiger partial charge on any atom is -0.423 e. The first-order chi connectivity index (χ1) is 10.1. The molecule has 8 nitrogen and oxygen atoms in total. The largest absolute Gasteiger partial charge is 0.423 e. The predicted octanol–water partition coefficient (Wildman–Crippen LogP) is 2.35. The van der Waals surface area contributed by atoms with Gasteiger partial charge in [-0.2, -0.15) is 10.1 Å². The molecule has 0 unspecified atom stereocenters. The Morgan fingerprint density at radius 1 is 1.48 bits per heavy atom. The van der Waals surface area contributed by atoms with Crippen molar-refractivity contribution in [3.63, 3.8) is 0 Å². The minimum absolute atomic E-state index is 0.0630. The molecule has 0 aliphatic carbocycles. The SMILES string of the molecule is Cc1cnn(CCNc2nc3c([N+](=O)[O-])cccc3o2)c1. The van der Waals surface area contributed by atoms with Crippen molar-refractivity contribution >= 4 is 22.8 Å². The van der Waals surface area contributed by atoms with Crippen molar-refractivity contribution in [1.29, 1.82) is 0 Å². The van der Waals surface area contributed by atoms with E-state index in [1.54, 1.807) is 23.0 Å². The zero-order chi connectivity index (χ0) is 14.8. The average Bonchev–Trinajstić information content (AvgIpc) is 3.04. The highest BCUT2D eigenvalue weighted by Crippen LogP contribution is 2.27. The Bertz CT molecular complexity index is 792. The fourth-order valence-electron chi connectivity index (χ4n) is 2.02. The molecule has 0 radical (unpaired) electrons. The van der Waals surface area contributed by atoms with Crippen molar-refractivity contribution in [3.05, 3.63) is 46.3 Å². The first-order valence-corrected chi connectivity index (χ1v) is 6.40. The molecule has 3 rings (SSSR count). The summed E-state index contributed by atoms with van der Waals surface area (Å²) in [7, 11) is 0. The third kappa shape index (κ3) is 2.69. The van der Waals surface area contributed by atoms with E-state index in [1.165, 1.54) is 6.07 Å². The first kappa shape index (κ1) is 13.1. The molecule has 2 heterocycles. The summed E-state index contributed by atoms with van der Waals surface area (Å²) in [5, 5.41) is 18.1. The van der Waals surface area contributed by atoms with Crippen LogP contribution < -0.4 is 5.32 Å². The van der Waals surface area contributed by atoms with Crippen LogP contribution in [-0.2, 0) is 6.54 Å². The number of nitrogens with one attached hydrogen (secondary N) is 1. The van der Waals surface area contributed by atoms with Gasteiger partial charge in [-0.05, 0) is 18.6 Å². The zero-order valence-electron chi connectivity index (χ0n) is 11.3. The topological polar surface area (TPSA) is 99.0 Å². The number of nitro groups is 1. The monoisotopic (exact) mass is 287 g/mol. The molecule has 3 aromatic rings. The molecule has 21 heavy (non-hydrogen) atoms. The normalized spacial score (nSPS) is 10.9. The maximum absolute atomic E-state index is 10.9. The van der Waals surface area contributed by atoms with Gasteiger partial charge in [-0.25, -0.2) is 0 Å². The maximum atomic E-state index is 10.9. The van der Waals surface area contributed by atoms with Crippen LogP contribution in [-0.4, -0.2) is 26.2 Å². The summed E-state index contributed by atoms with van der Waals surface area (Å²) >= 11 is 0. The number of para-hydroxylation sites is 1. The highest BCUT2D eigenvalue weighted by molar-refractivity contribution is 5.83. The molecule has 0 atom stereocenters. The van der Waals surface area contributed by atoms with Crippen molar-refractivity contribution < 1.29 is 9.34 Å². The number of rotatable bonds is 5. The van der Waals surface area contributed by atoms with Crippen molar-refractivity contribution in [2.75, 3.05) is 11.9 Å². The number of nitro benzene ring substituents is 1. The summed E-state index contributed by atoms with van der Waals surface area (Å²) in [5.41, 5.74) is 1.67. The molecular weight excluding hydrogens is 274 g/mol. The lowest BCUT2D eigenvalue weighted by Crippen LogP contribution is -2.10. The molecule has 0 aliphatic rings. The second-order valence-corrected chi connectivity index (χ2v) is 4.61. The first-order valence-electron chi connectivity index (χ1n) is 6.40.